The third-order valence-corrected chi connectivity index (χ3v) is 6.88. The van der Waals surface area contributed by atoms with Gasteiger partial charge in [-0.05, 0) is 44.9 Å². The Labute approximate surface area is 163 Å². The first-order valence-corrected chi connectivity index (χ1v) is 10.6. The molecule has 2 heterocycles. The van der Waals surface area contributed by atoms with Crippen LogP contribution in [-0.2, 0) is 17.1 Å². The van der Waals surface area contributed by atoms with E-state index in [2.05, 4.69) is 5.10 Å². The molecule has 28 heavy (non-hydrogen) atoms. The predicted molar refractivity (Wildman–Crippen MR) is 102 cm³/mol. The lowest BCUT2D eigenvalue weighted by Crippen LogP contribution is -2.40. The second-order valence-corrected chi connectivity index (χ2v) is 9.13. The van der Waals surface area contributed by atoms with Gasteiger partial charge in [-0.1, -0.05) is 0 Å². The highest BCUT2D eigenvalue weighted by Gasteiger charge is 2.35. The zero-order valence-electron chi connectivity index (χ0n) is 16.4. The molecular weight excluding hydrogens is 387 g/mol. The SMILES string of the molecule is COc1ccc(F)cc1S(=O)(=O)N1CCCC(c2nn(C)c(=O)n2C(C)C)C1. The quantitative estimate of drug-likeness (QED) is 0.748. The molecule has 1 aliphatic heterocycles. The minimum atomic E-state index is -3.96. The molecule has 0 bridgehead atoms. The number of halogens is 1. The molecule has 1 aromatic carbocycles. The molecule has 1 unspecified atom stereocenters. The van der Waals surface area contributed by atoms with Gasteiger partial charge in [-0.2, -0.15) is 9.40 Å². The topological polar surface area (TPSA) is 86.4 Å². The van der Waals surface area contributed by atoms with E-state index in [0.717, 1.165) is 18.6 Å². The second kappa shape index (κ2) is 7.67. The van der Waals surface area contributed by atoms with E-state index in [0.29, 0.717) is 18.8 Å². The number of benzene rings is 1. The van der Waals surface area contributed by atoms with Crippen molar-refractivity contribution in [3.05, 3.63) is 40.3 Å². The van der Waals surface area contributed by atoms with Gasteiger partial charge < -0.3 is 4.74 Å². The molecule has 1 fully saturated rings. The summed E-state index contributed by atoms with van der Waals surface area (Å²) in [6.07, 6.45) is 1.33. The number of sulfonamides is 1. The van der Waals surface area contributed by atoms with Crippen molar-refractivity contribution < 1.29 is 17.5 Å². The number of nitrogens with zero attached hydrogens (tertiary/aromatic N) is 4. The maximum absolute atomic E-state index is 13.7. The standard InChI is InChI=1S/C18H25FN4O4S/c1-12(2)23-17(20-21(3)18(23)24)13-6-5-9-22(11-13)28(25,26)16-10-14(19)7-8-15(16)27-4/h7-8,10,12-13H,5-6,9,11H2,1-4H3. The predicted octanol–water partition coefficient (Wildman–Crippen LogP) is 1.88. The molecule has 0 radical (unpaired) electrons. The van der Waals surface area contributed by atoms with Crippen molar-refractivity contribution in [3.63, 3.8) is 0 Å². The Morgan fingerprint density at radius 1 is 1.32 bits per heavy atom. The van der Waals surface area contributed by atoms with Gasteiger partial charge in [0, 0.05) is 32.1 Å². The molecule has 1 aromatic heterocycles. The van der Waals surface area contributed by atoms with E-state index in [9.17, 15) is 17.6 Å². The zero-order valence-corrected chi connectivity index (χ0v) is 17.2. The van der Waals surface area contributed by atoms with Gasteiger partial charge in [0.15, 0.2) is 0 Å². The summed E-state index contributed by atoms with van der Waals surface area (Å²) in [6.45, 7) is 4.27. The molecule has 10 heteroatoms. The van der Waals surface area contributed by atoms with Gasteiger partial charge in [-0.15, -0.1) is 0 Å². The molecular formula is C18H25FN4O4S. The van der Waals surface area contributed by atoms with Crippen LogP contribution in [-0.4, -0.2) is 47.3 Å². The number of methoxy groups -OCH3 is 1. The summed E-state index contributed by atoms with van der Waals surface area (Å²) in [4.78, 5) is 12.2. The minimum absolute atomic E-state index is 0.0912. The Hall–Kier alpha value is -2.20. The average Bonchev–Trinajstić information content (AvgIpc) is 2.97. The molecule has 154 valence electrons. The van der Waals surface area contributed by atoms with Crippen LogP contribution in [0.25, 0.3) is 0 Å². The van der Waals surface area contributed by atoms with Crippen molar-refractivity contribution in [2.24, 2.45) is 7.05 Å². The molecule has 0 N–H and O–H groups in total. The lowest BCUT2D eigenvalue weighted by Gasteiger charge is -2.32. The molecule has 0 amide bonds. The van der Waals surface area contributed by atoms with Crippen molar-refractivity contribution in [1.82, 2.24) is 18.7 Å². The fourth-order valence-electron chi connectivity index (χ4n) is 3.63. The average molecular weight is 412 g/mol. The van der Waals surface area contributed by atoms with Crippen LogP contribution < -0.4 is 10.4 Å². The van der Waals surface area contributed by atoms with Crippen LogP contribution in [0.1, 0.15) is 44.5 Å². The fraction of sp³-hybridized carbons (Fsp3) is 0.556. The van der Waals surface area contributed by atoms with E-state index in [1.807, 2.05) is 13.8 Å². The van der Waals surface area contributed by atoms with E-state index in [1.54, 1.807) is 11.6 Å². The minimum Gasteiger partial charge on any atom is -0.495 e. The van der Waals surface area contributed by atoms with E-state index < -0.39 is 15.8 Å². The Bertz CT molecular complexity index is 1030. The van der Waals surface area contributed by atoms with Gasteiger partial charge >= 0.3 is 5.69 Å². The monoisotopic (exact) mass is 412 g/mol. The van der Waals surface area contributed by atoms with Crippen molar-refractivity contribution in [3.8, 4) is 5.75 Å². The summed E-state index contributed by atoms with van der Waals surface area (Å²) < 4.78 is 49.4. The molecule has 1 aliphatic rings. The van der Waals surface area contributed by atoms with Crippen LogP contribution in [0.2, 0.25) is 0 Å². The Kier molecular flexibility index (Phi) is 5.62. The van der Waals surface area contributed by atoms with Gasteiger partial charge in [-0.25, -0.2) is 22.3 Å². The molecule has 1 atom stereocenters. The van der Waals surface area contributed by atoms with Crippen LogP contribution in [0.5, 0.6) is 5.75 Å². The summed E-state index contributed by atoms with van der Waals surface area (Å²) in [5.41, 5.74) is -0.225. The lowest BCUT2D eigenvalue weighted by atomic mass is 9.98. The van der Waals surface area contributed by atoms with Crippen molar-refractivity contribution in [2.75, 3.05) is 20.2 Å². The Morgan fingerprint density at radius 2 is 2.04 bits per heavy atom. The molecule has 0 saturated carbocycles. The zero-order chi connectivity index (χ0) is 20.6. The second-order valence-electron chi connectivity index (χ2n) is 7.23. The largest absolute Gasteiger partial charge is 0.495 e. The highest BCUT2D eigenvalue weighted by atomic mass is 32.2. The summed E-state index contributed by atoms with van der Waals surface area (Å²) in [6, 6.07) is 3.35. The van der Waals surface area contributed by atoms with E-state index in [-0.39, 0.29) is 34.8 Å². The maximum atomic E-state index is 13.7. The highest BCUT2D eigenvalue weighted by molar-refractivity contribution is 7.89. The number of rotatable bonds is 5. The van der Waals surface area contributed by atoms with E-state index >= 15 is 0 Å². The van der Waals surface area contributed by atoms with E-state index in [1.165, 1.54) is 22.2 Å². The van der Waals surface area contributed by atoms with Crippen LogP contribution in [0, 0.1) is 5.82 Å². The molecule has 0 spiro atoms. The molecule has 8 nitrogen and oxygen atoms in total. The van der Waals surface area contributed by atoms with Crippen LogP contribution in [0.4, 0.5) is 4.39 Å². The number of ether oxygens (including phenoxy) is 1. The first-order valence-electron chi connectivity index (χ1n) is 9.16. The van der Waals surface area contributed by atoms with Crippen LogP contribution >= 0.6 is 0 Å². The number of aromatic nitrogens is 3. The smallest absolute Gasteiger partial charge is 0.345 e. The summed E-state index contributed by atoms with van der Waals surface area (Å²) in [7, 11) is -1.03. The molecule has 3 rings (SSSR count). The van der Waals surface area contributed by atoms with Gasteiger partial charge in [0.05, 0.1) is 7.11 Å². The third kappa shape index (κ3) is 3.58. The van der Waals surface area contributed by atoms with Crippen molar-refractivity contribution >= 4 is 10.0 Å². The highest BCUT2D eigenvalue weighted by Crippen LogP contribution is 2.33. The van der Waals surface area contributed by atoms with Crippen LogP contribution in [0.15, 0.2) is 27.9 Å². The van der Waals surface area contributed by atoms with Gasteiger partial charge in [0.25, 0.3) is 0 Å². The third-order valence-electron chi connectivity index (χ3n) is 4.99. The Balaban J connectivity index is 1.98. The van der Waals surface area contributed by atoms with Crippen molar-refractivity contribution in [2.45, 2.75) is 43.5 Å². The first kappa shape index (κ1) is 20.5. The van der Waals surface area contributed by atoms with E-state index in [4.69, 9.17) is 4.74 Å². The number of piperidine rings is 1. The number of hydrogen-bond acceptors (Lipinski definition) is 5. The van der Waals surface area contributed by atoms with Crippen LogP contribution in [0.3, 0.4) is 0 Å². The van der Waals surface area contributed by atoms with Gasteiger partial charge in [0.2, 0.25) is 10.0 Å². The van der Waals surface area contributed by atoms with Gasteiger partial charge in [0.1, 0.15) is 22.3 Å². The first-order chi connectivity index (χ1) is 13.2. The normalized spacial score (nSPS) is 18.6. The summed E-state index contributed by atoms with van der Waals surface area (Å²) in [5, 5.41) is 4.35. The summed E-state index contributed by atoms with van der Waals surface area (Å²) in [5.74, 6) is -0.195. The molecule has 1 saturated heterocycles. The molecule has 2 aromatic rings. The number of hydrogen-bond donors (Lipinski definition) is 0. The summed E-state index contributed by atoms with van der Waals surface area (Å²) >= 11 is 0. The number of aryl methyl sites for hydroxylation is 1. The van der Waals surface area contributed by atoms with Crippen molar-refractivity contribution in [1.29, 1.82) is 0 Å². The van der Waals surface area contributed by atoms with Gasteiger partial charge in [-0.3, -0.25) is 4.57 Å². The lowest BCUT2D eigenvalue weighted by molar-refractivity contribution is 0.300. The molecule has 0 aliphatic carbocycles. The fourth-order valence-corrected chi connectivity index (χ4v) is 5.32. The Morgan fingerprint density at radius 3 is 2.68 bits per heavy atom. The maximum Gasteiger partial charge on any atom is 0.345 e.